The van der Waals surface area contributed by atoms with Crippen LogP contribution in [-0.2, 0) is 4.79 Å². The lowest BCUT2D eigenvalue weighted by Gasteiger charge is -2.34. The van der Waals surface area contributed by atoms with E-state index in [1.807, 2.05) is 30.3 Å². The lowest BCUT2D eigenvalue weighted by atomic mass is 10.1. The number of carbonyl (C=O) groups excluding carboxylic acids is 2. The van der Waals surface area contributed by atoms with E-state index in [0.29, 0.717) is 56.4 Å². The monoisotopic (exact) mass is 409 g/mol. The Morgan fingerprint density at radius 3 is 2.47 bits per heavy atom. The maximum atomic E-state index is 12.9. The number of anilines is 1. The van der Waals surface area contributed by atoms with Gasteiger partial charge in [-0.15, -0.1) is 0 Å². The molecule has 1 heterocycles. The van der Waals surface area contributed by atoms with Crippen molar-refractivity contribution in [3.8, 4) is 11.5 Å². The maximum absolute atomic E-state index is 12.9. The first-order chi connectivity index (χ1) is 14.6. The smallest absolute Gasteiger partial charge is 0.254 e. The number of nitrogens with zero attached hydrogens (tertiary/aromatic N) is 2. The lowest BCUT2D eigenvalue weighted by Crippen LogP contribution is -2.50. The molecule has 0 bridgehead atoms. The van der Waals surface area contributed by atoms with E-state index in [-0.39, 0.29) is 11.8 Å². The molecule has 1 N–H and O–H groups in total. The van der Waals surface area contributed by atoms with Gasteiger partial charge in [-0.05, 0) is 30.3 Å². The van der Waals surface area contributed by atoms with Crippen LogP contribution in [0.4, 0.5) is 5.69 Å². The quantitative estimate of drug-likeness (QED) is 0.679. The minimum atomic E-state index is -0.0584. The van der Waals surface area contributed by atoms with E-state index in [2.05, 4.69) is 16.8 Å². The van der Waals surface area contributed by atoms with Crippen LogP contribution in [0.3, 0.4) is 0 Å². The number of hydrogen-bond acceptors (Lipinski definition) is 5. The first-order valence-corrected chi connectivity index (χ1v) is 9.89. The Morgan fingerprint density at radius 2 is 1.80 bits per heavy atom. The molecule has 1 saturated heterocycles. The molecule has 2 aromatic rings. The van der Waals surface area contributed by atoms with Crippen molar-refractivity contribution in [2.75, 3.05) is 51.8 Å². The van der Waals surface area contributed by atoms with Crippen LogP contribution in [0.1, 0.15) is 10.4 Å². The number of para-hydroxylation sites is 1. The van der Waals surface area contributed by atoms with Crippen molar-refractivity contribution in [2.24, 2.45) is 0 Å². The van der Waals surface area contributed by atoms with Crippen LogP contribution in [-0.4, -0.2) is 68.1 Å². The molecule has 158 valence electrons. The van der Waals surface area contributed by atoms with Crippen molar-refractivity contribution in [3.05, 3.63) is 66.7 Å². The Bertz CT molecular complexity index is 877. The van der Waals surface area contributed by atoms with Crippen LogP contribution in [0.5, 0.6) is 11.5 Å². The zero-order valence-corrected chi connectivity index (χ0v) is 17.2. The average Bonchev–Trinajstić information content (AvgIpc) is 2.78. The summed E-state index contributed by atoms with van der Waals surface area (Å²) >= 11 is 0. The second-order valence-corrected chi connectivity index (χ2v) is 6.95. The van der Waals surface area contributed by atoms with Gasteiger partial charge in [0, 0.05) is 37.4 Å². The fourth-order valence-electron chi connectivity index (χ4n) is 3.29. The molecule has 0 radical (unpaired) electrons. The van der Waals surface area contributed by atoms with Gasteiger partial charge in [-0.2, -0.15) is 0 Å². The summed E-state index contributed by atoms with van der Waals surface area (Å²) in [5, 5.41) is 2.89. The Hall–Kier alpha value is -3.32. The summed E-state index contributed by atoms with van der Waals surface area (Å²) in [5.74, 6) is 0.972. The topological polar surface area (TPSA) is 71.1 Å². The minimum Gasteiger partial charge on any atom is -0.493 e. The van der Waals surface area contributed by atoms with Gasteiger partial charge in [0.05, 0.1) is 13.7 Å². The van der Waals surface area contributed by atoms with Crippen molar-refractivity contribution in [3.63, 3.8) is 0 Å². The van der Waals surface area contributed by atoms with Gasteiger partial charge in [0.2, 0.25) is 5.91 Å². The Balaban J connectivity index is 1.52. The largest absolute Gasteiger partial charge is 0.493 e. The van der Waals surface area contributed by atoms with Gasteiger partial charge in [0.1, 0.15) is 6.61 Å². The second kappa shape index (κ2) is 10.5. The van der Waals surface area contributed by atoms with Crippen molar-refractivity contribution in [1.82, 2.24) is 9.80 Å². The van der Waals surface area contributed by atoms with Gasteiger partial charge in [-0.3, -0.25) is 14.5 Å². The molecule has 7 heteroatoms. The molecule has 1 fully saturated rings. The van der Waals surface area contributed by atoms with Crippen LogP contribution in [0, 0.1) is 0 Å². The number of hydrogen-bond donors (Lipinski definition) is 1. The van der Waals surface area contributed by atoms with Gasteiger partial charge in [-0.1, -0.05) is 30.9 Å². The summed E-state index contributed by atoms with van der Waals surface area (Å²) in [7, 11) is 1.55. The molecule has 7 nitrogen and oxygen atoms in total. The van der Waals surface area contributed by atoms with Crippen molar-refractivity contribution < 1.29 is 19.1 Å². The highest BCUT2D eigenvalue weighted by atomic mass is 16.5. The number of carbonyl (C=O) groups is 2. The maximum Gasteiger partial charge on any atom is 0.254 e. The highest BCUT2D eigenvalue weighted by Gasteiger charge is 2.24. The molecule has 0 aliphatic carbocycles. The van der Waals surface area contributed by atoms with Crippen LogP contribution in [0.2, 0.25) is 0 Å². The van der Waals surface area contributed by atoms with Crippen molar-refractivity contribution in [2.45, 2.75) is 0 Å². The summed E-state index contributed by atoms with van der Waals surface area (Å²) in [6.45, 7) is 6.71. The molecule has 0 aromatic heterocycles. The third-order valence-corrected chi connectivity index (χ3v) is 4.85. The van der Waals surface area contributed by atoms with E-state index < -0.39 is 0 Å². The molecular weight excluding hydrogens is 382 g/mol. The molecule has 0 saturated carbocycles. The average molecular weight is 409 g/mol. The molecule has 0 spiro atoms. The predicted octanol–water partition coefficient (Wildman–Crippen LogP) is 2.66. The SMILES string of the molecule is C=CCOc1ccc(C(=O)N2CCN(CC(=O)Nc3ccccc3)CC2)cc1OC. The van der Waals surface area contributed by atoms with Crippen LogP contribution in [0.15, 0.2) is 61.2 Å². The van der Waals surface area contributed by atoms with E-state index in [4.69, 9.17) is 9.47 Å². The predicted molar refractivity (Wildman–Crippen MR) is 116 cm³/mol. The van der Waals surface area contributed by atoms with E-state index in [0.717, 1.165) is 5.69 Å². The molecule has 0 unspecified atom stereocenters. The second-order valence-electron chi connectivity index (χ2n) is 6.95. The highest BCUT2D eigenvalue weighted by molar-refractivity contribution is 5.95. The molecule has 30 heavy (non-hydrogen) atoms. The zero-order valence-electron chi connectivity index (χ0n) is 17.2. The van der Waals surface area contributed by atoms with Gasteiger partial charge in [-0.25, -0.2) is 0 Å². The molecule has 3 rings (SSSR count). The number of benzene rings is 2. The van der Waals surface area contributed by atoms with Gasteiger partial charge >= 0.3 is 0 Å². The first kappa shape index (κ1) is 21.4. The molecular formula is C23H27N3O4. The zero-order chi connectivity index (χ0) is 21.3. The number of methoxy groups -OCH3 is 1. The molecule has 1 aliphatic heterocycles. The lowest BCUT2D eigenvalue weighted by molar-refractivity contribution is -0.117. The molecule has 0 atom stereocenters. The van der Waals surface area contributed by atoms with Gasteiger partial charge in [0.25, 0.3) is 5.91 Å². The van der Waals surface area contributed by atoms with E-state index >= 15 is 0 Å². The van der Waals surface area contributed by atoms with Crippen molar-refractivity contribution in [1.29, 1.82) is 0 Å². The first-order valence-electron chi connectivity index (χ1n) is 9.89. The number of rotatable bonds is 8. The third kappa shape index (κ3) is 5.61. The Labute approximate surface area is 176 Å². The Kier molecular flexibility index (Phi) is 7.45. The molecule has 2 aromatic carbocycles. The number of piperazine rings is 1. The van der Waals surface area contributed by atoms with E-state index in [1.165, 1.54) is 0 Å². The third-order valence-electron chi connectivity index (χ3n) is 4.85. The fourth-order valence-corrected chi connectivity index (χ4v) is 3.29. The summed E-state index contributed by atoms with van der Waals surface area (Å²) in [6.07, 6.45) is 1.65. The summed E-state index contributed by atoms with van der Waals surface area (Å²) < 4.78 is 10.9. The summed E-state index contributed by atoms with van der Waals surface area (Å²) in [6, 6.07) is 14.6. The Morgan fingerprint density at radius 1 is 1.07 bits per heavy atom. The fraction of sp³-hybridized carbons (Fsp3) is 0.304. The van der Waals surface area contributed by atoms with Crippen molar-refractivity contribution >= 4 is 17.5 Å². The van der Waals surface area contributed by atoms with Gasteiger partial charge < -0.3 is 19.7 Å². The summed E-state index contributed by atoms with van der Waals surface area (Å²) in [4.78, 5) is 29.0. The highest BCUT2D eigenvalue weighted by Crippen LogP contribution is 2.28. The van der Waals surface area contributed by atoms with E-state index in [1.54, 1.807) is 36.3 Å². The van der Waals surface area contributed by atoms with E-state index in [9.17, 15) is 9.59 Å². The number of nitrogens with one attached hydrogen (secondary N) is 1. The number of amides is 2. The number of ether oxygens (including phenoxy) is 2. The van der Waals surface area contributed by atoms with Crippen LogP contribution in [0.25, 0.3) is 0 Å². The minimum absolute atomic E-state index is 0.0548. The molecule has 2 amide bonds. The molecule has 1 aliphatic rings. The normalized spacial score (nSPS) is 14.1. The van der Waals surface area contributed by atoms with Crippen LogP contribution < -0.4 is 14.8 Å². The summed E-state index contributed by atoms with van der Waals surface area (Å²) in [5.41, 5.74) is 1.33. The van der Waals surface area contributed by atoms with Crippen LogP contribution >= 0.6 is 0 Å². The standard InChI is InChI=1S/C23H27N3O4/c1-3-15-30-20-10-9-18(16-21(20)29-2)23(28)26-13-11-25(12-14-26)17-22(27)24-19-7-5-4-6-8-19/h3-10,16H,1,11-15,17H2,2H3,(H,24,27). The van der Waals surface area contributed by atoms with Gasteiger partial charge in [0.15, 0.2) is 11.5 Å².